The topological polar surface area (TPSA) is 36.4 Å². The van der Waals surface area contributed by atoms with Gasteiger partial charge < -0.3 is 4.90 Å². The second-order valence-electron chi connectivity index (χ2n) is 6.74. The summed E-state index contributed by atoms with van der Waals surface area (Å²) in [5, 5.41) is 0.551. The van der Waals surface area contributed by atoms with Gasteiger partial charge in [0, 0.05) is 18.7 Å². The standard InChI is InChI=1S/C20H21F2N3OS.ClH/c1-12-5-8-17-18(13(12)2)23-20(27-17)25(10-9-24(3)4)19(26)14-6-7-15(21)16(22)11-14;/h5-8,11H,9-10H2,1-4H3;1H. The minimum atomic E-state index is -1.04. The molecule has 0 radical (unpaired) electrons. The molecule has 2 aromatic carbocycles. The number of thiazole rings is 1. The number of hydrogen-bond acceptors (Lipinski definition) is 4. The van der Waals surface area contributed by atoms with Crippen LogP contribution in [0.15, 0.2) is 30.3 Å². The summed E-state index contributed by atoms with van der Waals surface area (Å²) in [6.45, 7) is 5.03. The van der Waals surface area contributed by atoms with E-state index in [1.165, 1.54) is 22.3 Å². The Balaban J connectivity index is 0.00000280. The molecular weight excluding hydrogens is 404 g/mol. The number of fused-ring (bicyclic) bond motifs is 1. The minimum absolute atomic E-state index is 0. The zero-order valence-corrected chi connectivity index (χ0v) is 17.8. The van der Waals surface area contributed by atoms with Gasteiger partial charge in [-0.2, -0.15) is 0 Å². The number of carbonyl (C=O) groups excluding carboxylic acids is 1. The largest absolute Gasteiger partial charge is 0.308 e. The Labute approximate surface area is 173 Å². The van der Waals surface area contributed by atoms with Crippen molar-refractivity contribution in [2.75, 3.05) is 32.1 Å². The minimum Gasteiger partial charge on any atom is -0.308 e. The van der Waals surface area contributed by atoms with E-state index in [9.17, 15) is 13.6 Å². The van der Waals surface area contributed by atoms with Crippen LogP contribution in [0.1, 0.15) is 21.5 Å². The molecule has 0 aliphatic rings. The highest BCUT2D eigenvalue weighted by atomic mass is 35.5. The van der Waals surface area contributed by atoms with E-state index < -0.39 is 17.5 Å². The molecule has 0 aliphatic carbocycles. The quantitative estimate of drug-likeness (QED) is 0.588. The normalized spacial score (nSPS) is 11.0. The Bertz CT molecular complexity index is 1010. The van der Waals surface area contributed by atoms with Crippen LogP contribution in [0.25, 0.3) is 10.2 Å². The van der Waals surface area contributed by atoms with Crippen LogP contribution in [0.5, 0.6) is 0 Å². The maximum atomic E-state index is 13.6. The zero-order chi connectivity index (χ0) is 19.7. The van der Waals surface area contributed by atoms with Gasteiger partial charge in [0.1, 0.15) is 0 Å². The van der Waals surface area contributed by atoms with Gasteiger partial charge in [0.05, 0.1) is 10.2 Å². The van der Waals surface area contributed by atoms with Crippen LogP contribution < -0.4 is 4.90 Å². The maximum Gasteiger partial charge on any atom is 0.260 e. The van der Waals surface area contributed by atoms with Crippen LogP contribution in [-0.4, -0.2) is 43.0 Å². The summed E-state index contributed by atoms with van der Waals surface area (Å²) >= 11 is 1.42. The second-order valence-corrected chi connectivity index (χ2v) is 7.75. The number of rotatable bonds is 5. The van der Waals surface area contributed by atoms with Crippen molar-refractivity contribution in [1.82, 2.24) is 9.88 Å². The lowest BCUT2D eigenvalue weighted by molar-refractivity contribution is 0.0984. The van der Waals surface area contributed by atoms with E-state index >= 15 is 0 Å². The summed E-state index contributed by atoms with van der Waals surface area (Å²) in [7, 11) is 3.82. The molecule has 0 saturated carbocycles. The average molecular weight is 426 g/mol. The fourth-order valence-electron chi connectivity index (χ4n) is 2.70. The number of aromatic nitrogens is 1. The highest BCUT2D eigenvalue weighted by molar-refractivity contribution is 7.22. The van der Waals surface area contributed by atoms with Crippen LogP contribution in [0.4, 0.5) is 13.9 Å². The van der Waals surface area contributed by atoms with Gasteiger partial charge in [0.15, 0.2) is 16.8 Å². The Hall–Kier alpha value is -2.09. The fraction of sp³-hybridized carbons (Fsp3) is 0.300. The molecule has 150 valence electrons. The van der Waals surface area contributed by atoms with E-state index in [-0.39, 0.29) is 18.0 Å². The molecule has 0 fully saturated rings. The molecule has 0 bridgehead atoms. The first kappa shape index (κ1) is 22.2. The molecule has 0 atom stereocenters. The fourth-order valence-corrected chi connectivity index (χ4v) is 3.75. The highest BCUT2D eigenvalue weighted by Crippen LogP contribution is 2.32. The number of hydrogen-bond donors (Lipinski definition) is 0. The van der Waals surface area contributed by atoms with Crippen molar-refractivity contribution in [2.45, 2.75) is 13.8 Å². The lowest BCUT2D eigenvalue weighted by Crippen LogP contribution is -2.36. The van der Waals surface area contributed by atoms with E-state index in [0.717, 1.165) is 33.5 Å². The molecule has 8 heteroatoms. The molecular formula is C20H22ClF2N3OS. The molecule has 0 aliphatic heterocycles. The van der Waals surface area contributed by atoms with E-state index in [2.05, 4.69) is 4.98 Å². The molecule has 3 rings (SSSR count). The van der Waals surface area contributed by atoms with Crippen molar-refractivity contribution in [2.24, 2.45) is 0 Å². The van der Waals surface area contributed by atoms with Crippen LogP contribution in [0, 0.1) is 25.5 Å². The first-order valence-electron chi connectivity index (χ1n) is 8.56. The van der Waals surface area contributed by atoms with E-state index in [0.29, 0.717) is 18.2 Å². The lowest BCUT2D eigenvalue weighted by Gasteiger charge is -2.22. The molecule has 0 unspecified atom stereocenters. The predicted molar refractivity (Wildman–Crippen MR) is 113 cm³/mol. The third-order valence-corrected chi connectivity index (χ3v) is 5.53. The van der Waals surface area contributed by atoms with Crippen LogP contribution in [0.2, 0.25) is 0 Å². The average Bonchev–Trinajstić information content (AvgIpc) is 3.05. The second kappa shape index (κ2) is 8.94. The number of benzene rings is 2. The molecule has 0 spiro atoms. The first-order valence-corrected chi connectivity index (χ1v) is 9.38. The highest BCUT2D eigenvalue weighted by Gasteiger charge is 2.23. The molecule has 0 N–H and O–H groups in total. The van der Waals surface area contributed by atoms with Crippen LogP contribution >= 0.6 is 23.7 Å². The summed E-state index contributed by atoms with van der Waals surface area (Å²) in [6, 6.07) is 7.22. The van der Waals surface area contributed by atoms with Gasteiger partial charge in [-0.1, -0.05) is 17.4 Å². The third-order valence-electron chi connectivity index (χ3n) is 4.49. The number of halogens is 3. The molecule has 0 saturated heterocycles. The summed E-state index contributed by atoms with van der Waals surface area (Å²) in [5.74, 6) is -2.41. The van der Waals surface area contributed by atoms with Crippen molar-refractivity contribution < 1.29 is 13.6 Å². The molecule has 1 heterocycles. The van der Waals surface area contributed by atoms with E-state index in [4.69, 9.17) is 0 Å². The Kier molecular flexibility index (Phi) is 7.09. The lowest BCUT2D eigenvalue weighted by atomic mass is 10.1. The molecule has 4 nitrogen and oxygen atoms in total. The Morgan fingerprint density at radius 2 is 1.79 bits per heavy atom. The Morgan fingerprint density at radius 1 is 1.07 bits per heavy atom. The number of likely N-dealkylation sites (N-methyl/N-ethyl adjacent to an activating group) is 1. The molecule has 1 aromatic heterocycles. The van der Waals surface area contributed by atoms with Crippen molar-refractivity contribution in [3.63, 3.8) is 0 Å². The number of carbonyl (C=O) groups is 1. The van der Waals surface area contributed by atoms with Crippen molar-refractivity contribution >= 4 is 45.0 Å². The van der Waals surface area contributed by atoms with Gasteiger partial charge in [-0.25, -0.2) is 13.8 Å². The SMILES string of the molecule is Cc1ccc2sc(N(CCN(C)C)C(=O)c3ccc(F)c(F)c3)nc2c1C.Cl. The van der Waals surface area contributed by atoms with Gasteiger partial charge in [0.2, 0.25) is 0 Å². The Morgan fingerprint density at radius 3 is 2.43 bits per heavy atom. The van der Waals surface area contributed by atoms with E-state index in [1.54, 1.807) is 0 Å². The van der Waals surface area contributed by atoms with Crippen LogP contribution in [0.3, 0.4) is 0 Å². The monoisotopic (exact) mass is 425 g/mol. The number of amides is 1. The molecule has 28 heavy (non-hydrogen) atoms. The predicted octanol–water partition coefficient (Wildman–Crippen LogP) is 4.82. The summed E-state index contributed by atoms with van der Waals surface area (Å²) in [4.78, 5) is 21.2. The smallest absolute Gasteiger partial charge is 0.260 e. The molecule has 1 amide bonds. The molecule has 3 aromatic rings. The van der Waals surface area contributed by atoms with Crippen molar-refractivity contribution in [3.05, 3.63) is 58.7 Å². The third kappa shape index (κ3) is 4.48. The van der Waals surface area contributed by atoms with Gasteiger partial charge in [-0.05, 0) is 63.3 Å². The van der Waals surface area contributed by atoms with E-state index in [1.807, 2.05) is 45.0 Å². The van der Waals surface area contributed by atoms with Crippen LogP contribution in [-0.2, 0) is 0 Å². The van der Waals surface area contributed by atoms with Gasteiger partial charge >= 0.3 is 0 Å². The maximum absolute atomic E-state index is 13.6. The first-order chi connectivity index (χ1) is 12.8. The summed E-state index contributed by atoms with van der Waals surface area (Å²) in [5.41, 5.74) is 3.16. The number of aryl methyl sites for hydroxylation is 2. The zero-order valence-electron chi connectivity index (χ0n) is 16.1. The number of nitrogens with zero attached hydrogens (tertiary/aromatic N) is 3. The van der Waals surface area contributed by atoms with Crippen molar-refractivity contribution in [1.29, 1.82) is 0 Å². The summed E-state index contributed by atoms with van der Waals surface area (Å²) < 4.78 is 27.8. The summed E-state index contributed by atoms with van der Waals surface area (Å²) in [6.07, 6.45) is 0. The number of anilines is 1. The van der Waals surface area contributed by atoms with Crippen molar-refractivity contribution in [3.8, 4) is 0 Å². The van der Waals surface area contributed by atoms with Gasteiger partial charge in [0.25, 0.3) is 5.91 Å². The van der Waals surface area contributed by atoms with Gasteiger partial charge in [-0.3, -0.25) is 9.69 Å². The van der Waals surface area contributed by atoms with Gasteiger partial charge in [-0.15, -0.1) is 12.4 Å².